The minimum absolute atomic E-state index is 0.0590. The van der Waals surface area contributed by atoms with Gasteiger partial charge >= 0.3 is 5.97 Å². The molecule has 2 amide bonds. The molecule has 7 heteroatoms. The van der Waals surface area contributed by atoms with Gasteiger partial charge in [0, 0.05) is 17.9 Å². The third-order valence-corrected chi connectivity index (χ3v) is 5.02. The lowest BCUT2D eigenvalue weighted by molar-refractivity contribution is -0.124. The van der Waals surface area contributed by atoms with Crippen LogP contribution in [0.1, 0.15) is 22.3 Å². The maximum absolute atomic E-state index is 12.1. The zero-order chi connectivity index (χ0) is 17.8. The normalized spacial score (nSPS) is 15.8. The lowest BCUT2D eigenvalue weighted by Crippen LogP contribution is -2.34. The molecular weight excluding hydrogens is 340 g/mol. The Bertz CT molecular complexity index is 837. The fourth-order valence-corrected chi connectivity index (χ4v) is 3.59. The van der Waals surface area contributed by atoms with Crippen LogP contribution in [-0.2, 0) is 16.1 Å². The topological polar surface area (TPSA) is 95.5 Å². The molecule has 3 rings (SSSR count). The molecule has 2 aromatic carbocycles. The number of anilines is 1. The molecule has 0 radical (unpaired) electrons. The highest BCUT2D eigenvalue weighted by Gasteiger charge is 2.28. The van der Waals surface area contributed by atoms with Gasteiger partial charge in [-0.1, -0.05) is 24.3 Å². The molecule has 1 aliphatic rings. The SMILES string of the molecule is O=C(CC1Sc2ccccc2NC1=O)NCc1cccc(C(=O)O)c1. The van der Waals surface area contributed by atoms with Crippen molar-refractivity contribution in [2.75, 3.05) is 5.32 Å². The highest BCUT2D eigenvalue weighted by molar-refractivity contribution is 8.01. The summed E-state index contributed by atoms with van der Waals surface area (Å²) in [6, 6.07) is 13.8. The number of para-hydroxylation sites is 1. The largest absolute Gasteiger partial charge is 0.478 e. The summed E-state index contributed by atoms with van der Waals surface area (Å²) in [5, 5.41) is 14.0. The van der Waals surface area contributed by atoms with Crippen LogP contribution in [-0.4, -0.2) is 28.1 Å². The Balaban J connectivity index is 1.57. The first kappa shape index (κ1) is 17.0. The first-order valence-electron chi connectivity index (χ1n) is 7.68. The van der Waals surface area contributed by atoms with Gasteiger partial charge in [0.1, 0.15) is 0 Å². The van der Waals surface area contributed by atoms with Crippen molar-refractivity contribution in [3.63, 3.8) is 0 Å². The zero-order valence-electron chi connectivity index (χ0n) is 13.2. The number of carbonyl (C=O) groups is 3. The third-order valence-electron chi connectivity index (χ3n) is 3.74. The number of hydrogen-bond donors (Lipinski definition) is 3. The van der Waals surface area contributed by atoms with Crippen molar-refractivity contribution < 1.29 is 19.5 Å². The van der Waals surface area contributed by atoms with Crippen LogP contribution >= 0.6 is 11.8 Å². The highest BCUT2D eigenvalue weighted by Crippen LogP contribution is 2.36. The molecule has 6 nitrogen and oxygen atoms in total. The Kier molecular flexibility index (Phi) is 5.04. The molecule has 0 aliphatic carbocycles. The van der Waals surface area contributed by atoms with Crippen LogP contribution in [0.3, 0.4) is 0 Å². The molecule has 1 aliphatic heterocycles. The minimum Gasteiger partial charge on any atom is -0.478 e. The van der Waals surface area contributed by atoms with E-state index in [1.54, 1.807) is 12.1 Å². The minimum atomic E-state index is -1.01. The van der Waals surface area contributed by atoms with Gasteiger partial charge in [0.05, 0.1) is 16.5 Å². The van der Waals surface area contributed by atoms with Crippen LogP contribution in [0, 0.1) is 0 Å². The lowest BCUT2D eigenvalue weighted by Gasteiger charge is -2.23. The molecule has 0 spiro atoms. The van der Waals surface area contributed by atoms with Crippen molar-refractivity contribution in [3.05, 3.63) is 59.7 Å². The summed E-state index contributed by atoms with van der Waals surface area (Å²) in [5.74, 6) is -1.46. The molecule has 3 N–H and O–H groups in total. The molecule has 128 valence electrons. The number of fused-ring (bicyclic) bond motifs is 1. The maximum atomic E-state index is 12.1. The second-order valence-corrected chi connectivity index (χ2v) is 6.82. The summed E-state index contributed by atoms with van der Waals surface area (Å²) >= 11 is 1.37. The molecule has 1 heterocycles. The van der Waals surface area contributed by atoms with Crippen LogP contribution in [0.5, 0.6) is 0 Å². The van der Waals surface area contributed by atoms with E-state index >= 15 is 0 Å². The predicted molar refractivity (Wildman–Crippen MR) is 94.6 cm³/mol. The molecule has 0 fully saturated rings. The van der Waals surface area contributed by atoms with E-state index in [1.807, 2.05) is 24.3 Å². The number of carboxylic acid groups (broad SMARTS) is 1. The van der Waals surface area contributed by atoms with Gasteiger partial charge in [-0.25, -0.2) is 4.79 Å². The van der Waals surface area contributed by atoms with Crippen LogP contribution in [0.15, 0.2) is 53.4 Å². The Labute approximate surface area is 148 Å². The van der Waals surface area contributed by atoms with E-state index in [1.165, 1.54) is 23.9 Å². The number of nitrogens with one attached hydrogen (secondary N) is 2. The number of amides is 2. The van der Waals surface area contributed by atoms with E-state index in [2.05, 4.69) is 10.6 Å². The van der Waals surface area contributed by atoms with E-state index in [0.717, 1.165) is 10.6 Å². The van der Waals surface area contributed by atoms with Crippen LogP contribution in [0.4, 0.5) is 5.69 Å². The number of aromatic carboxylic acids is 1. The van der Waals surface area contributed by atoms with Crippen LogP contribution < -0.4 is 10.6 Å². The molecule has 2 aromatic rings. The Hall–Kier alpha value is -2.80. The highest BCUT2D eigenvalue weighted by atomic mass is 32.2. The van der Waals surface area contributed by atoms with Gasteiger partial charge < -0.3 is 15.7 Å². The van der Waals surface area contributed by atoms with E-state index in [4.69, 9.17) is 5.11 Å². The second-order valence-electron chi connectivity index (χ2n) is 5.58. The predicted octanol–water partition coefficient (Wildman–Crippen LogP) is 2.50. The summed E-state index contributed by atoms with van der Waals surface area (Å²) in [7, 11) is 0. The fraction of sp³-hybridized carbons (Fsp3) is 0.167. The summed E-state index contributed by atoms with van der Waals surface area (Å²) in [4.78, 5) is 36.1. The second kappa shape index (κ2) is 7.40. The quantitative estimate of drug-likeness (QED) is 0.765. The molecule has 0 saturated carbocycles. The summed E-state index contributed by atoms with van der Waals surface area (Å²) < 4.78 is 0. The fourth-order valence-electron chi connectivity index (χ4n) is 2.48. The molecular formula is C18H16N2O4S. The Morgan fingerprint density at radius 2 is 1.96 bits per heavy atom. The van der Waals surface area contributed by atoms with Crippen molar-refractivity contribution in [3.8, 4) is 0 Å². The van der Waals surface area contributed by atoms with Gasteiger partial charge in [-0.3, -0.25) is 9.59 Å². The zero-order valence-corrected chi connectivity index (χ0v) is 14.0. The number of thioether (sulfide) groups is 1. The van der Waals surface area contributed by atoms with Gasteiger partial charge in [0.25, 0.3) is 0 Å². The van der Waals surface area contributed by atoms with Gasteiger partial charge in [-0.2, -0.15) is 0 Å². The van der Waals surface area contributed by atoms with Crippen LogP contribution in [0.25, 0.3) is 0 Å². The first-order chi connectivity index (χ1) is 12.0. The van der Waals surface area contributed by atoms with Gasteiger partial charge in [0.15, 0.2) is 0 Å². The summed E-state index contributed by atoms with van der Waals surface area (Å²) in [5.41, 5.74) is 1.63. The van der Waals surface area contributed by atoms with E-state index in [9.17, 15) is 14.4 Å². The van der Waals surface area contributed by atoms with E-state index in [0.29, 0.717) is 5.56 Å². The van der Waals surface area contributed by atoms with E-state index in [-0.39, 0.29) is 30.3 Å². The van der Waals surface area contributed by atoms with Crippen molar-refractivity contribution >= 4 is 35.2 Å². The van der Waals surface area contributed by atoms with Gasteiger partial charge in [-0.05, 0) is 29.8 Å². The van der Waals surface area contributed by atoms with Gasteiger partial charge in [-0.15, -0.1) is 11.8 Å². The smallest absolute Gasteiger partial charge is 0.335 e. The van der Waals surface area contributed by atoms with Crippen LogP contribution in [0.2, 0.25) is 0 Å². The third kappa shape index (κ3) is 4.19. The molecule has 25 heavy (non-hydrogen) atoms. The summed E-state index contributed by atoms with van der Waals surface area (Å²) in [6.07, 6.45) is 0.0590. The van der Waals surface area contributed by atoms with E-state index < -0.39 is 11.2 Å². The number of benzene rings is 2. The lowest BCUT2D eigenvalue weighted by atomic mass is 10.1. The molecule has 0 bridgehead atoms. The van der Waals surface area contributed by atoms with Gasteiger partial charge in [0.2, 0.25) is 11.8 Å². The first-order valence-corrected chi connectivity index (χ1v) is 8.56. The maximum Gasteiger partial charge on any atom is 0.335 e. The van der Waals surface area contributed by atoms with Crippen molar-refractivity contribution in [1.82, 2.24) is 5.32 Å². The Morgan fingerprint density at radius 3 is 2.76 bits per heavy atom. The Morgan fingerprint density at radius 1 is 1.16 bits per heavy atom. The van der Waals surface area contributed by atoms with Crippen molar-refractivity contribution in [2.45, 2.75) is 23.1 Å². The summed E-state index contributed by atoms with van der Waals surface area (Å²) in [6.45, 7) is 0.218. The monoisotopic (exact) mass is 356 g/mol. The number of carboxylic acids is 1. The standard InChI is InChI=1S/C18H16N2O4S/c21-16(19-10-11-4-3-5-12(8-11)18(23)24)9-15-17(22)20-13-6-1-2-7-14(13)25-15/h1-8,15H,9-10H2,(H,19,21)(H,20,22)(H,23,24). The number of carbonyl (C=O) groups excluding carboxylic acids is 2. The molecule has 0 aromatic heterocycles. The van der Waals surface area contributed by atoms with Crippen molar-refractivity contribution in [1.29, 1.82) is 0 Å². The average molecular weight is 356 g/mol. The molecule has 1 atom stereocenters. The number of hydrogen-bond acceptors (Lipinski definition) is 4. The number of rotatable bonds is 5. The average Bonchev–Trinajstić information content (AvgIpc) is 2.61. The van der Waals surface area contributed by atoms with Crippen molar-refractivity contribution in [2.24, 2.45) is 0 Å². The molecule has 1 unspecified atom stereocenters. The molecule has 0 saturated heterocycles.